The predicted octanol–water partition coefficient (Wildman–Crippen LogP) is 0.969. The Morgan fingerprint density at radius 3 is 2.79 bits per heavy atom. The van der Waals surface area contributed by atoms with E-state index in [0.29, 0.717) is 26.3 Å². The van der Waals surface area contributed by atoms with Crippen LogP contribution in [0.1, 0.15) is 5.56 Å². The largest absolute Gasteiger partial charge is 0.491 e. The fourth-order valence-electron chi connectivity index (χ4n) is 1.41. The summed E-state index contributed by atoms with van der Waals surface area (Å²) in [6.07, 6.45) is 0. The number of likely N-dealkylation sites (N-methyl/N-ethyl adjacent to an activating group) is 1. The van der Waals surface area contributed by atoms with Crippen molar-refractivity contribution in [3.8, 4) is 5.75 Å². The normalized spacial score (nSPS) is 9.58. The summed E-state index contributed by atoms with van der Waals surface area (Å²) in [5.41, 5.74) is 1.01. The van der Waals surface area contributed by atoms with Crippen LogP contribution in [-0.4, -0.2) is 39.8 Å². The quantitative estimate of drug-likeness (QED) is 0.700. The minimum atomic E-state index is -0.0248. The molecule has 0 aromatic heterocycles. The second kappa shape index (κ2) is 10.6. The van der Waals surface area contributed by atoms with Gasteiger partial charge in [-0.25, -0.2) is 0 Å². The lowest BCUT2D eigenvalue weighted by atomic mass is 10.2. The molecule has 0 aliphatic carbocycles. The van der Waals surface area contributed by atoms with Crippen molar-refractivity contribution in [2.45, 2.75) is 6.54 Å². The second-order valence-electron chi connectivity index (χ2n) is 3.80. The first kappa shape index (κ1) is 17.7. The molecule has 0 spiro atoms. The zero-order valence-electron chi connectivity index (χ0n) is 11.3. The van der Waals surface area contributed by atoms with E-state index in [4.69, 9.17) is 9.47 Å². The number of benzene rings is 1. The molecule has 0 fully saturated rings. The van der Waals surface area contributed by atoms with E-state index in [2.05, 4.69) is 10.6 Å². The van der Waals surface area contributed by atoms with Crippen LogP contribution in [0.2, 0.25) is 0 Å². The molecular weight excluding hydrogens is 268 g/mol. The van der Waals surface area contributed by atoms with Crippen LogP contribution in [0.5, 0.6) is 5.75 Å². The van der Waals surface area contributed by atoms with Gasteiger partial charge in [-0.15, -0.1) is 12.4 Å². The van der Waals surface area contributed by atoms with Gasteiger partial charge in [0.05, 0.1) is 13.2 Å². The van der Waals surface area contributed by atoms with Crippen LogP contribution in [0.25, 0.3) is 0 Å². The number of rotatable bonds is 8. The number of halogens is 1. The summed E-state index contributed by atoms with van der Waals surface area (Å²) < 4.78 is 10.4. The molecule has 108 valence electrons. The Kier molecular flexibility index (Phi) is 9.88. The van der Waals surface area contributed by atoms with Crippen molar-refractivity contribution in [1.29, 1.82) is 0 Å². The van der Waals surface area contributed by atoms with Gasteiger partial charge in [-0.1, -0.05) is 12.1 Å². The predicted molar refractivity (Wildman–Crippen MR) is 76.8 cm³/mol. The van der Waals surface area contributed by atoms with Gasteiger partial charge in [0, 0.05) is 13.7 Å². The number of carbonyl (C=O) groups excluding carboxylic acids is 1. The maximum Gasteiger partial charge on any atom is 0.234 e. The van der Waals surface area contributed by atoms with Gasteiger partial charge in [-0.3, -0.25) is 4.79 Å². The third-order valence-corrected chi connectivity index (χ3v) is 2.28. The van der Waals surface area contributed by atoms with Gasteiger partial charge in [0.25, 0.3) is 0 Å². The van der Waals surface area contributed by atoms with Crippen molar-refractivity contribution in [2.75, 3.05) is 33.9 Å². The van der Waals surface area contributed by atoms with E-state index in [1.807, 2.05) is 24.3 Å². The molecule has 0 aliphatic heterocycles. The molecule has 0 saturated carbocycles. The molecule has 19 heavy (non-hydrogen) atoms. The number of nitrogens with one attached hydrogen (secondary N) is 2. The number of methoxy groups -OCH3 is 1. The Morgan fingerprint density at radius 1 is 1.32 bits per heavy atom. The summed E-state index contributed by atoms with van der Waals surface area (Å²) in [6.45, 7) is 1.90. The van der Waals surface area contributed by atoms with Crippen molar-refractivity contribution in [2.24, 2.45) is 0 Å². The summed E-state index contributed by atoms with van der Waals surface area (Å²) in [4.78, 5) is 11.3. The maximum atomic E-state index is 11.3. The molecule has 0 aliphatic rings. The lowest BCUT2D eigenvalue weighted by Gasteiger charge is -2.08. The van der Waals surface area contributed by atoms with Gasteiger partial charge in [-0.05, 0) is 24.7 Å². The summed E-state index contributed by atoms with van der Waals surface area (Å²) in [6, 6.07) is 7.65. The summed E-state index contributed by atoms with van der Waals surface area (Å²) in [5.74, 6) is 0.760. The topological polar surface area (TPSA) is 59.6 Å². The molecule has 1 rings (SSSR count). The molecule has 1 aromatic carbocycles. The molecule has 0 saturated heterocycles. The first-order valence-corrected chi connectivity index (χ1v) is 5.88. The number of hydrogen-bond acceptors (Lipinski definition) is 4. The smallest absolute Gasteiger partial charge is 0.234 e. The average molecular weight is 289 g/mol. The molecule has 2 N–H and O–H groups in total. The SMILES string of the molecule is CNCC(=O)NCc1cccc(OCCOC)c1.Cl. The standard InChI is InChI=1S/C13H20N2O3.ClH/c1-14-10-13(16)15-9-11-4-3-5-12(8-11)18-7-6-17-2;/h3-5,8,14H,6-7,9-10H2,1-2H3,(H,15,16);1H. The summed E-state index contributed by atoms with van der Waals surface area (Å²) in [7, 11) is 3.38. The zero-order valence-corrected chi connectivity index (χ0v) is 12.1. The molecule has 0 bridgehead atoms. The fraction of sp³-hybridized carbons (Fsp3) is 0.462. The van der Waals surface area contributed by atoms with Crippen molar-refractivity contribution in [3.05, 3.63) is 29.8 Å². The highest BCUT2D eigenvalue weighted by atomic mass is 35.5. The highest BCUT2D eigenvalue weighted by Gasteiger charge is 2.00. The van der Waals surface area contributed by atoms with Crippen LogP contribution < -0.4 is 15.4 Å². The monoisotopic (exact) mass is 288 g/mol. The molecule has 0 heterocycles. The van der Waals surface area contributed by atoms with E-state index in [1.165, 1.54) is 0 Å². The van der Waals surface area contributed by atoms with E-state index in [0.717, 1.165) is 11.3 Å². The van der Waals surface area contributed by atoms with Crippen LogP contribution >= 0.6 is 12.4 Å². The molecule has 6 heteroatoms. The van der Waals surface area contributed by atoms with Crippen LogP contribution in [-0.2, 0) is 16.1 Å². The molecule has 5 nitrogen and oxygen atoms in total. The molecule has 0 radical (unpaired) electrons. The number of carbonyl (C=O) groups is 1. The van der Waals surface area contributed by atoms with Crippen LogP contribution in [0.4, 0.5) is 0 Å². The highest BCUT2D eigenvalue weighted by Crippen LogP contribution is 2.12. The summed E-state index contributed by atoms with van der Waals surface area (Å²) in [5, 5.41) is 5.61. The highest BCUT2D eigenvalue weighted by molar-refractivity contribution is 5.85. The van der Waals surface area contributed by atoms with E-state index < -0.39 is 0 Å². The van der Waals surface area contributed by atoms with Crippen LogP contribution in [0, 0.1) is 0 Å². The maximum absolute atomic E-state index is 11.3. The molecule has 1 amide bonds. The van der Waals surface area contributed by atoms with Gasteiger partial charge in [0.15, 0.2) is 0 Å². The number of ether oxygens (including phenoxy) is 2. The lowest BCUT2D eigenvalue weighted by molar-refractivity contribution is -0.120. The van der Waals surface area contributed by atoms with Gasteiger partial charge in [-0.2, -0.15) is 0 Å². The number of hydrogen-bond donors (Lipinski definition) is 2. The lowest BCUT2D eigenvalue weighted by Crippen LogP contribution is -2.31. The minimum Gasteiger partial charge on any atom is -0.491 e. The van der Waals surface area contributed by atoms with Crippen molar-refractivity contribution in [3.63, 3.8) is 0 Å². The third kappa shape index (κ3) is 7.66. The minimum absolute atomic E-state index is 0. The average Bonchev–Trinajstić information content (AvgIpc) is 2.38. The Balaban J connectivity index is 0.00000324. The Labute approximate surface area is 120 Å². The summed E-state index contributed by atoms with van der Waals surface area (Å²) >= 11 is 0. The third-order valence-electron chi connectivity index (χ3n) is 2.28. The first-order chi connectivity index (χ1) is 8.76. The van der Waals surface area contributed by atoms with Crippen molar-refractivity contribution < 1.29 is 14.3 Å². The van der Waals surface area contributed by atoms with E-state index in [9.17, 15) is 4.79 Å². The molecular formula is C13H21ClN2O3. The fourth-order valence-corrected chi connectivity index (χ4v) is 1.41. The molecule has 0 atom stereocenters. The Hall–Kier alpha value is -1.30. The Bertz CT molecular complexity index is 375. The van der Waals surface area contributed by atoms with Crippen LogP contribution in [0.15, 0.2) is 24.3 Å². The molecule has 1 aromatic rings. The van der Waals surface area contributed by atoms with Crippen molar-refractivity contribution >= 4 is 18.3 Å². The second-order valence-corrected chi connectivity index (χ2v) is 3.80. The van der Waals surface area contributed by atoms with Crippen molar-refractivity contribution in [1.82, 2.24) is 10.6 Å². The molecule has 0 unspecified atom stereocenters. The van der Waals surface area contributed by atoms with Gasteiger partial charge < -0.3 is 20.1 Å². The van der Waals surface area contributed by atoms with Crippen LogP contribution in [0.3, 0.4) is 0 Å². The van der Waals surface area contributed by atoms with E-state index >= 15 is 0 Å². The van der Waals surface area contributed by atoms with Gasteiger partial charge in [0.1, 0.15) is 12.4 Å². The zero-order chi connectivity index (χ0) is 13.2. The van der Waals surface area contributed by atoms with Gasteiger partial charge >= 0.3 is 0 Å². The van der Waals surface area contributed by atoms with E-state index in [1.54, 1.807) is 14.2 Å². The Morgan fingerprint density at radius 2 is 2.11 bits per heavy atom. The van der Waals surface area contributed by atoms with Gasteiger partial charge in [0.2, 0.25) is 5.91 Å². The first-order valence-electron chi connectivity index (χ1n) is 5.88. The van der Waals surface area contributed by atoms with E-state index in [-0.39, 0.29) is 18.3 Å². The number of amides is 1.